The summed E-state index contributed by atoms with van der Waals surface area (Å²) in [5, 5.41) is 4.06. The number of hydrogen-bond donors (Lipinski definition) is 0. The summed E-state index contributed by atoms with van der Waals surface area (Å²) >= 11 is 5.76. The molecule has 1 saturated heterocycles. The molecule has 0 atom stereocenters. The van der Waals surface area contributed by atoms with Crippen molar-refractivity contribution in [3.63, 3.8) is 0 Å². The molecule has 0 aliphatic carbocycles. The van der Waals surface area contributed by atoms with Crippen molar-refractivity contribution in [1.82, 2.24) is 5.01 Å². The largest absolute Gasteiger partial charge is 0.489 e. The van der Waals surface area contributed by atoms with Crippen molar-refractivity contribution in [1.29, 1.82) is 0 Å². The van der Waals surface area contributed by atoms with Crippen LogP contribution in [0.1, 0.15) is 20.3 Å². The summed E-state index contributed by atoms with van der Waals surface area (Å²) in [6.45, 7) is 5.14. The second-order valence-corrected chi connectivity index (χ2v) is 7.42. The lowest BCUT2D eigenvalue weighted by Crippen LogP contribution is -2.49. The number of hydrazine groups is 1. The minimum absolute atomic E-state index is 0.0479. The minimum atomic E-state index is -0.802. The number of halogens is 2. The molecule has 0 unspecified atom stereocenters. The first kappa shape index (κ1) is 18.5. The van der Waals surface area contributed by atoms with Gasteiger partial charge in [-0.05, 0) is 50.6 Å². The van der Waals surface area contributed by atoms with Crippen molar-refractivity contribution in [3.8, 4) is 5.75 Å². The van der Waals surface area contributed by atoms with Gasteiger partial charge in [0.2, 0.25) is 5.91 Å². The lowest BCUT2D eigenvalue weighted by molar-refractivity contribution is -0.141. The number of nitrogens with zero attached hydrogens (tertiary/aromatic N) is 2. The maximum atomic E-state index is 13.9. The van der Waals surface area contributed by atoms with Crippen LogP contribution >= 0.6 is 11.6 Å². The van der Waals surface area contributed by atoms with E-state index in [2.05, 4.69) is 0 Å². The van der Waals surface area contributed by atoms with E-state index in [1.54, 1.807) is 11.1 Å². The molecule has 138 valence electrons. The van der Waals surface area contributed by atoms with Crippen molar-refractivity contribution in [3.05, 3.63) is 59.4 Å². The van der Waals surface area contributed by atoms with E-state index in [9.17, 15) is 9.18 Å². The van der Waals surface area contributed by atoms with Crippen molar-refractivity contribution in [2.24, 2.45) is 5.41 Å². The summed E-state index contributed by atoms with van der Waals surface area (Å²) in [7, 11) is 0. The predicted molar refractivity (Wildman–Crippen MR) is 101 cm³/mol. The molecule has 1 amide bonds. The van der Waals surface area contributed by atoms with Gasteiger partial charge in [0.15, 0.2) is 11.6 Å². The van der Waals surface area contributed by atoms with Gasteiger partial charge >= 0.3 is 0 Å². The molecule has 1 heterocycles. The number of amides is 1. The molecule has 2 aromatic rings. The van der Waals surface area contributed by atoms with Gasteiger partial charge in [0.25, 0.3) is 0 Å². The quantitative estimate of drug-likeness (QED) is 0.768. The smallest absolute Gasteiger partial charge is 0.250 e. The van der Waals surface area contributed by atoms with E-state index < -0.39 is 11.2 Å². The highest BCUT2D eigenvalue weighted by atomic mass is 35.5. The van der Waals surface area contributed by atoms with Gasteiger partial charge in [-0.15, -0.1) is 0 Å². The Labute approximate surface area is 158 Å². The van der Waals surface area contributed by atoms with Crippen molar-refractivity contribution >= 4 is 23.2 Å². The molecule has 2 aromatic carbocycles. The molecular formula is C20H22ClFN2O2. The summed E-state index contributed by atoms with van der Waals surface area (Å²) in [6, 6.07) is 14.1. The third-order valence-electron chi connectivity index (χ3n) is 4.38. The Morgan fingerprint density at radius 2 is 1.92 bits per heavy atom. The lowest BCUT2D eigenvalue weighted by Gasteiger charge is -2.35. The monoisotopic (exact) mass is 376 g/mol. The standard InChI is InChI=1S/C20H22ClFN2O2/c1-20(2,14-26-18-10-9-15(21)13-17(18)22)19(25)24-12-6-11-23(24)16-7-4-3-5-8-16/h3-5,7-10,13H,6,11-12,14H2,1-2H3. The zero-order valence-electron chi connectivity index (χ0n) is 14.9. The Morgan fingerprint density at radius 1 is 1.19 bits per heavy atom. The Balaban J connectivity index is 1.70. The van der Waals surface area contributed by atoms with Crippen molar-refractivity contribution in [2.75, 3.05) is 24.7 Å². The van der Waals surface area contributed by atoms with Crippen LogP contribution < -0.4 is 9.75 Å². The average Bonchev–Trinajstić information content (AvgIpc) is 3.10. The molecule has 0 N–H and O–H groups in total. The van der Waals surface area contributed by atoms with Crippen LogP contribution in [0.2, 0.25) is 5.02 Å². The average molecular weight is 377 g/mol. The molecule has 0 aromatic heterocycles. The van der Waals surface area contributed by atoms with E-state index in [0.29, 0.717) is 11.6 Å². The van der Waals surface area contributed by atoms with Gasteiger partial charge in [-0.3, -0.25) is 14.8 Å². The molecular weight excluding hydrogens is 355 g/mol. The molecule has 0 bridgehead atoms. The third kappa shape index (κ3) is 3.93. The Hall–Kier alpha value is -2.27. The van der Waals surface area contributed by atoms with E-state index in [1.165, 1.54) is 12.1 Å². The first-order chi connectivity index (χ1) is 12.4. The maximum Gasteiger partial charge on any atom is 0.250 e. The summed E-state index contributed by atoms with van der Waals surface area (Å²) < 4.78 is 19.5. The number of rotatable bonds is 5. The van der Waals surface area contributed by atoms with Crippen LogP contribution in [0.4, 0.5) is 10.1 Å². The van der Waals surface area contributed by atoms with Crippen molar-refractivity contribution < 1.29 is 13.9 Å². The molecule has 26 heavy (non-hydrogen) atoms. The van der Waals surface area contributed by atoms with Crippen LogP contribution in [0.3, 0.4) is 0 Å². The number of benzene rings is 2. The molecule has 1 fully saturated rings. The van der Waals surface area contributed by atoms with E-state index >= 15 is 0 Å². The number of hydrogen-bond acceptors (Lipinski definition) is 3. The minimum Gasteiger partial charge on any atom is -0.489 e. The highest BCUT2D eigenvalue weighted by Crippen LogP contribution is 2.29. The van der Waals surface area contributed by atoms with Gasteiger partial charge in [-0.1, -0.05) is 29.8 Å². The molecule has 3 rings (SSSR count). The summed E-state index contributed by atoms with van der Waals surface area (Å²) in [5.41, 5.74) is 0.183. The summed E-state index contributed by atoms with van der Waals surface area (Å²) in [4.78, 5) is 13.1. The van der Waals surface area contributed by atoms with Gasteiger partial charge < -0.3 is 4.74 Å². The first-order valence-corrected chi connectivity index (χ1v) is 8.98. The molecule has 6 heteroatoms. The topological polar surface area (TPSA) is 32.8 Å². The van der Waals surface area contributed by atoms with E-state index in [4.69, 9.17) is 16.3 Å². The molecule has 1 aliphatic rings. The van der Waals surface area contributed by atoms with Crippen LogP contribution in [0.25, 0.3) is 0 Å². The second kappa shape index (κ2) is 7.54. The molecule has 4 nitrogen and oxygen atoms in total. The normalized spacial score (nSPS) is 14.6. The van der Waals surface area contributed by atoms with Crippen LogP contribution in [0.5, 0.6) is 5.75 Å². The SMILES string of the molecule is CC(C)(COc1ccc(Cl)cc1F)C(=O)N1CCCN1c1ccccc1. The predicted octanol–water partition coefficient (Wildman–Crippen LogP) is 4.54. The number of para-hydroxylation sites is 1. The molecule has 0 spiro atoms. The summed E-state index contributed by atoms with van der Waals surface area (Å²) in [6.07, 6.45) is 0.906. The number of anilines is 1. The maximum absolute atomic E-state index is 13.9. The number of carbonyl (C=O) groups is 1. The van der Waals surface area contributed by atoms with Gasteiger partial charge in [-0.2, -0.15) is 0 Å². The highest BCUT2D eigenvalue weighted by molar-refractivity contribution is 6.30. The highest BCUT2D eigenvalue weighted by Gasteiger charge is 2.38. The van der Waals surface area contributed by atoms with Crippen molar-refractivity contribution in [2.45, 2.75) is 20.3 Å². The van der Waals surface area contributed by atoms with Crippen LogP contribution in [0.15, 0.2) is 48.5 Å². The fourth-order valence-corrected chi connectivity index (χ4v) is 3.11. The summed E-state index contributed by atoms with van der Waals surface area (Å²) in [5.74, 6) is -0.488. The van der Waals surface area contributed by atoms with Gasteiger partial charge in [0, 0.05) is 18.1 Å². The van der Waals surface area contributed by atoms with Crippen LogP contribution in [-0.4, -0.2) is 30.6 Å². The fraction of sp³-hybridized carbons (Fsp3) is 0.350. The Kier molecular flexibility index (Phi) is 5.37. The Bertz CT molecular complexity index is 783. The zero-order valence-corrected chi connectivity index (χ0v) is 15.7. The first-order valence-electron chi connectivity index (χ1n) is 8.61. The van der Waals surface area contributed by atoms with E-state index in [0.717, 1.165) is 18.7 Å². The molecule has 0 radical (unpaired) electrons. The van der Waals surface area contributed by atoms with Gasteiger partial charge in [0.05, 0.1) is 11.1 Å². The molecule has 1 aliphatic heterocycles. The van der Waals surface area contributed by atoms with Crippen LogP contribution in [-0.2, 0) is 4.79 Å². The van der Waals surface area contributed by atoms with Crippen LogP contribution in [0, 0.1) is 11.2 Å². The Morgan fingerprint density at radius 3 is 2.62 bits per heavy atom. The number of ether oxygens (including phenoxy) is 1. The molecule has 0 saturated carbocycles. The fourth-order valence-electron chi connectivity index (χ4n) is 2.95. The number of carbonyl (C=O) groups excluding carboxylic acids is 1. The third-order valence-corrected chi connectivity index (χ3v) is 4.62. The van der Waals surface area contributed by atoms with E-state index in [1.807, 2.05) is 49.2 Å². The lowest BCUT2D eigenvalue weighted by atomic mass is 9.93. The second-order valence-electron chi connectivity index (χ2n) is 6.99. The van der Waals surface area contributed by atoms with Gasteiger partial charge in [-0.25, -0.2) is 4.39 Å². The zero-order chi connectivity index (χ0) is 18.7. The van der Waals surface area contributed by atoms with Gasteiger partial charge in [0.1, 0.15) is 6.61 Å². The van der Waals surface area contributed by atoms with E-state index in [-0.39, 0.29) is 18.3 Å².